The lowest BCUT2D eigenvalue weighted by Gasteiger charge is -2.17. The van der Waals surface area contributed by atoms with E-state index in [0.29, 0.717) is 5.56 Å². The van der Waals surface area contributed by atoms with Crippen LogP contribution >= 0.6 is 15.9 Å². The van der Waals surface area contributed by atoms with Gasteiger partial charge >= 0.3 is 5.97 Å². The quantitative estimate of drug-likeness (QED) is 0.618. The average molecular weight is 303 g/mol. The van der Waals surface area contributed by atoms with Crippen molar-refractivity contribution >= 4 is 21.9 Å². The van der Waals surface area contributed by atoms with Crippen LogP contribution in [0.3, 0.4) is 0 Å². The van der Waals surface area contributed by atoms with E-state index >= 15 is 0 Å². The second kappa shape index (κ2) is 4.58. The molecule has 3 rings (SSSR count). The van der Waals surface area contributed by atoms with Crippen molar-refractivity contribution < 1.29 is 9.53 Å². The van der Waals surface area contributed by atoms with Crippen LogP contribution in [0.4, 0.5) is 0 Å². The predicted octanol–water partition coefficient (Wildman–Crippen LogP) is 4.03. The highest BCUT2D eigenvalue weighted by atomic mass is 79.9. The standard InChI is InChI=1S/C15H11BrO2/c16-13(10-6-2-1-3-7-10)14-11-8-4-5-9-12(11)15(17)18-14/h1-9,13-14H/t13-,14+/m0/s1. The van der Waals surface area contributed by atoms with E-state index < -0.39 is 0 Å². The molecule has 0 amide bonds. The molecule has 1 aliphatic heterocycles. The summed E-state index contributed by atoms with van der Waals surface area (Å²) in [6.45, 7) is 0. The summed E-state index contributed by atoms with van der Waals surface area (Å²) in [6, 6.07) is 17.5. The highest BCUT2D eigenvalue weighted by molar-refractivity contribution is 9.09. The molecular weight excluding hydrogens is 292 g/mol. The molecule has 0 spiro atoms. The van der Waals surface area contributed by atoms with Gasteiger partial charge in [-0.15, -0.1) is 0 Å². The minimum absolute atomic E-state index is 0.0219. The Bertz CT molecular complexity index is 580. The van der Waals surface area contributed by atoms with Crippen LogP contribution in [-0.4, -0.2) is 5.97 Å². The van der Waals surface area contributed by atoms with Gasteiger partial charge in [-0.3, -0.25) is 0 Å². The Labute approximate surface area is 114 Å². The lowest BCUT2D eigenvalue weighted by atomic mass is 9.99. The Morgan fingerprint density at radius 2 is 1.67 bits per heavy atom. The van der Waals surface area contributed by atoms with Gasteiger partial charge in [0.25, 0.3) is 0 Å². The number of fused-ring (bicyclic) bond motifs is 1. The lowest BCUT2D eigenvalue weighted by Crippen LogP contribution is -2.05. The molecule has 3 heteroatoms. The Hall–Kier alpha value is -1.61. The maximum absolute atomic E-state index is 11.8. The molecule has 1 heterocycles. The summed E-state index contributed by atoms with van der Waals surface area (Å²) in [7, 11) is 0. The van der Waals surface area contributed by atoms with E-state index in [2.05, 4.69) is 15.9 Å². The normalized spacial score (nSPS) is 19.2. The molecule has 1 aliphatic rings. The number of hydrogen-bond acceptors (Lipinski definition) is 2. The van der Waals surface area contributed by atoms with Crippen molar-refractivity contribution in [1.82, 2.24) is 0 Å². The van der Waals surface area contributed by atoms with Crippen LogP contribution in [0.5, 0.6) is 0 Å². The Morgan fingerprint density at radius 3 is 2.44 bits per heavy atom. The minimum atomic E-state index is -0.254. The summed E-state index contributed by atoms with van der Waals surface area (Å²) in [6.07, 6.45) is -0.254. The maximum atomic E-state index is 11.8. The van der Waals surface area contributed by atoms with Crippen molar-refractivity contribution in [1.29, 1.82) is 0 Å². The van der Waals surface area contributed by atoms with Crippen molar-refractivity contribution in [2.45, 2.75) is 10.9 Å². The number of carbonyl (C=O) groups excluding carboxylic acids is 1. The molecule has 90 valence electrons. The smallest absolute Gasteiger partial charge is 0.339 e. The molecule has 0 N–H and O–H groups in total. The lowest BCUT2D eigenvalue weighted by molar-refractivity contribution is 0.0384. The summed E-state index contributed by atoms with van der Waals surface area (Å²) in [5.41, 5.74) is 2.73. The van der Waals surface area contributed by atoms with Gasteiger partial charge in [-0.05, 0) is 11.6 Å². The van der Waals surface area contributed by atoms with Gasteiger partial charge in [-0.2, -0.15) is 0 Å². The van der Waals surface area contributed by atoms with Crippen molar-refractivity contribution in [3.05, 3.63) is 71.3 Å². The van der Waals surface area contributed by atoms with Crippen molar-refractivity contribution in [3.63, 3.8) is 0 Å². The maximum Gasteiger partial charge on any atom is 0.339 e. The van der Waals surface area contributed by atoms with E-state index in [1.807, 2.05) is 54.6 Å². The zero-order valence-corrected chi connectivity index (χ0v) is 11.1. The molecule has 0 aromatic heterocycles. The molecular formula is C15H11BrO2. The number of benzene rings is 2. The van der Waals surface area contributed by atoms with Crippen molar-refractivity contribution in [2.24, 2.45) is 0 Å². The van der Waals surface area contributed by atoms with Gasteiger partial charge in [0, 0.05) is 5.56 Å². The second-order valence-electron chi connectivity index (χ2n) is 4.23. The van der Waals surface area contributed by atoms with Gasteiger partial charge in [-0.1, -0.05) is 64.5 Å². The summed E-state index contributed by atoms with van der Waals surface area (Å²) in [5, 5.41) is 0. The van der Waals surface area contributed by atoms with E-state index in [1.165, 1.54) is 0 Å². The fraction of sp³-hybridized carbons (Fsp3) is 0.133. The molecule has 0 fully saturated rings. The Kier molecular flexibility index (Phi) is 2.92. The van der Waals surface area contributed by atoms with Crippen molar-refractivity contribution in [3.8, 4) is 0 Å². The fourth-order valence-corrected chi connectivity index (χ4v) is 2.90. The molecule has 0 saturated heterocycles. The Morgan fingerprint density at radius 1 is 1.00 bits per heavy atom. The summed E-state index contributed by atoms with van der Waals surface area (Å²) >= 11 is 3.63. The molecule has 0 radical (unpaired) electrons. The summed E-state index contributed by atoms with van der Waals surface area (Å²) in [4.78, 5) is 11.7. The molecule has 0 aliphatic carbocycles. The minimum Gasteiger partial charge on any atom is -0.452 e. The summed E-state index contributed by atoms with van der Waals surface area (Å²) < 4.78 is 5.46. The van der Waals surface area contributed by atoms with E-state index in [-0.39, 0.29) is 16.9 Å². The van der Waals surface area contributed by atoms with Gasteiger partial charge in [0.05, 0.1) is 10.4 Å². The monoisotopic (exact) mass is 302 g/mol. The van der Waals surface area contributed by atoms with Gasteiger partial charge < -0.3 is 4.74 Å². The van der Waals surface area contributed by atoms with Crippen LogP contribution in [0.25, 0.3) is 0 Å². The molecule has 2 aromatic carbocycles. The third kappa shape index (κ3) is 1.85. The molecule has 0 saturated carbocycles. The number of carbonyl (C=O) groups is 1. The van der Waals surface area contributed by atoms with Gasteiger partial charge in [-0.25, -0.2) is 4.79 Å². The first-order valence-electron chi connectivity index (χ1n) is 5.76. The SMILES string of the molecule is O=C1O[C@@H]([C@@H](Br)c2ccccc2)c2ccccc21. The van der Waals surface area contributed by atoms with Crippen molar-refractivity contribution in [2.75, 3.05) is 0 Å². The first kappa shape index (κ1) is 11.5. The second-order valence-corrected chi connectivity index (χ2v) is 5.21. The number of esters is 1. The zero-order valence-electron chi connectivity index (χ0n) is 9.55. The van der Waals surface area contributed by atoms with Crippen LogP contribution in [-0.2, 0) is 4.74 Å². The Balaban J connectivity index is 1.98. The number of cyclic esters (lactones) is 1. The molecule has 2 nitrogen and oxygen atoms in total. The molecule has 2 atom stereocenters. The zero-order chi connectivity index (χ0) is 12.5. The predicted molar refractivity (Wildman–Crippen MR) is 72.7 cm³/mol. The molecule has 0 unspecified atom stereocenters. The van der Waals surface area contributed by atoms with E-state index in [1.54, 1.807) is 0 Å². The van der Waals surface area contributed by atoms with Gasteiger partial charge in [0.15, 0.2) is 0 Å². The van der Waals surface area contributed by atoms with E-state index in [4.69, 9.17) is 4.74 Å². The van der Waals surface area contributed by atoms with Crippen LogP contribution in [0.2, 0.25) is 0 Å². The topological polar surface area (TPSA) is 26.3 Å². The third-order valence-corrected chi connectivity index (χ3v) is 4.11. The summed E-state index contributed by atoms with van der Waals surface area (Å²) in [5.74, 6) is -0.240. The number of rotatable bonds is 2. The number of alkyl halides is 1. The van der Waals surface area contributed by atoms with Crippen LogP contribution < -0.4 is 0 Å². The highest BCUT2D eigenvalue weighted by Gasteiger charge is 2.35. The number of ether oxygens (including phenoxy) is 1. The van der Waals surface area contributed by atoms with E-state index in [9.17, 15) is 4.79 Å². The number of halogens is 1. The highest BCUT2D eigenvalue weighted by Crippen LogP contribution is 2.44. The molecule has 18 heavy (non-hydrogen) atoms. The van der Waals surface area contributed by atoms with Gasteiger partial charge in [0.2, 0.25) is 0 Å². The average Bonchev–Trinajstić information content (AvgIpc) is 2.77. The van der Waals surface area contributed by atoms with Crippen LogP contribution in [0.15, 0.2) is 54.6 Å². The van der Waals surface area contributed by atoms with Crippen LogP contribution in [0.1, 0.15) is 32.4 Å². The largest absolute Gasteiger partial charge is 0.452 e. The van der Waals surface area contributed by atoms with Gasteiger partial charge in [0.1, 0.15) is 6.10 Å². The first-order chi connectivity index (χ1) is 8.77. The third-order valence-electron chi connectivity index (χ3n) is 3.11. The first-order valence-corrected chi connectivity index (χ1v) is 6.68. The molecule has 2 aromatic rings. The fourth-order valence-electron chi connectivity index (χ4n) is 2.20. The number of hydrogen-bond donors (Lipinski definition) is 0. The van der Waals surface area contributed by atoms with E-state index in [0.717, 1.165) is 11.1 Å². The van der Waals surface area contributed by atoms with Crippen LogP contribution in [0, 0.1) is 0 Å². The molecule has 0 bridgehead atoms.